The Morgan fingerprint density at radius 1 is 1.22 bits per heavy atom. The third kappa shape index (κ3) is 2.45. The highest BCUT2D eigenvalue weighted by atomic mass is 16.3. The van der Waals surface area contributed by atoms with Gasteiger partial charge in [-0.3, -0.25) is 4.79 Å². The van der Waals surface area contributed by atoms with Crippen molar-refractivity contribution < 1.29 is 15.0 Å². The molecule has 0 aromatic heterocycles. The number of carbonyl (C=O) groups is 1. The van der Waals surface area contributed by atoms with Crippen molar-refractivity contribution in [2.24, 2.45) is 0 Å². The molecule has 0 bridgehead atoms. The molecule has 4 nitrogen and oxygen atoms in total. The van der Waals surface area contributed by atoms with Gasteiger partial charge in [-0.2, -0.15) is 0 Å². The number of carbonyl (C=O) groups excluding carboxylic acids is 1. The maximum Gasteiger partial charge on any atom is 0.247 e. The summed E-state index contributed by atoms with van der Waals surface area (Å²) < 4.78 is 0. The Hall–Kier alpha value is -0.870. The zero-order valence-corrected chi connectivity index (χ0v) is 11.2. The molecule has 2 N–H and O–H groups in total. The largest absolute Gasteiger partial charge is 0.390 e. The molecule has 0 unspecified atom stereocenters. The van der Waals surface area contributed by atoms with E-state index in [-0.39, 0.29) is 18.0 Å². The Bertz CT molecular complexity index is 354. The number of hydrogen-bond donors (Lipinski definition) is 2. The molecule has 18 heavy (non-hydrogen) atoms. The van der Waals surface area contributed by atoms with Gasteiger partial charge >= 0.3 is 0 Å². The van der Waals surface area contributed by atoms with E-state index in [1.54, 1.807) is 11.0 Å². The summed E-state index contributed by atoms with van der Waals surface area (Å²) >= 11 is 0. The lowest BCUT2D eigenvalue weighted by Gasteiger charge is -2.48. The summed E-state index contributed by atoms with van der Waals surface area (Å²) in [5.41, 5.74) is 0.746. The summed E-state index contributed by atoms with van der Waals surface area (Å²) in [6.45, 7) is 4.05. The van der Waals surface area contributed by atoms with Crippen LogP contribution in [0.25, 0.3) is 0 Å². The molecule has 2 fully saturated rings. The van der Waals surface area contributed by atoms with Crippen LogP contribution in [0, 0.1) is 0 Å². The highest BCUT2D eigenvalue weighted by Gasteiger charge is 2.48. The molecule has 4 heteroatoms. The third-order valence-electron chi connectivity index (χ3n) is 4.19. The summed E-state index contributed by atoms with van der Waals surface area (Å²) in [6, 6.07) is 0. The first-order valence-electron chi connectivity index (χ1n) is 6.77. The topological polar surface area (TPSA) is 60.8 Å². The molecule has 0 radical (unpaired) electrons. The highest BCUT2D eigenvalue weighted by molar-refractivity contribution is 5.89. The van der Waals surface area contributed by atoms with Gasteiger partial charge in [0.2, 0.25) is 5.91 Å². The summed E-state index contributed by atoms with van der Waals surface area (Å²) in [6.07, 6.45) is 4.71. The molecule has 1 aliphatic carbocycles. The second kappa shape index (κ2) is 5.02. The van der Waals surface area contributed by atoms with E-state index >= 15 is 0 Å². The van der Waals surface area contributed by atoms with Crippen LogP contribution in [0.4, 0.5) is 0 Å². The number of nitrogens with zero attached hydrogens (tertiary/aromatic N) is 1. The van der Waals surface area contributed by atoms with Crippen molar-refractivity contribution in [3.05, 3.63) is 11.6 Å². The van der Waals surface area contributed by atoms with Gasteiger partial charge in [-0.25, -0.2) is 0 Å². The van der Waals surface area contributed by atoms with Crippen LogP contribution in [0.1, 0.15) is 46.0 Å². The molecule has 102 valence electrons. The van der Waals surface area contributed by atoms with Gasteiger partial charge in [0, 0.05) is 18.2 Å². The molecule has 1 heterocycles. The molecule has 2 rings (SSSR count). The number of aliphatic hydroxyl groups is 2. The molecule has 1 aliphatic heterocycles. The fraction of sp³-hybridized carbons (Fsp3) is 0.786. The molecule has 0 aromatic carbocycles. The van der Waals surface area contributed by atoms with Crippen LogP contribution in [-0.4, -0.2) is 45.3 Å². The lowest BCUT2D eigenvalue weighted by Crippen LogP contribution is -2.61. The van der Waals surface area contributed by atoms with E-state index in [4.69, 9.17) is 0 Å². The quantitative estimate of drug-likeness (QED) is 0.691. The van der Waals surface area contributed by atoms with Crippen molar-refractivity contribution >= 4 is 5.91 Å². The molecule has 1 spiro atoms. The highest BCUT2D eigenvalue weighted by Crippen LogP contribution is 2.42. The first-order chi connectivity index (χ1) is 8.44. The van der Waals surface area contributed by atoms with E-state index in [1.807, 2.05) is 13.8 Å². The Kier molecular flexibility index (Phi) is 3.78. The van der Waals surface area contributed by atoms with Crippen molar-refractivity contribution in [1.82, 2.24) is 4.90 Å². The zero-order chi connectivity index (χ0) is 13.3. The molecule has 1 saturated heterocycles. The minimum atomic E-state index is -0.814. The monoisotopic (exact) mass is 253 g/mol. The average molecular weight is 253 g/mol. The van der Waals surface area contributed by atoms with E-state index in [1.165, 1.54) is 0 Å². The molecule has 1 saturated carbocycles. The van der Waals surface area contributed by atoms with Crippen molar-refractivity contribution in [3.8, 4) is 0 Å². The number of rotatable bonds is 1. The first kappa shape index (κ1) is 13.6. The Balaban J connectivity index is 2.24. The van der Waals surface area contributed by atoms with Crippen LogP contribution in [0.2, 0.25) is 0 Å². The van der Waals surface area contributed by atoms with Crippen LogP contribution >= 0.6 is 0 Å². The number of allylic oxidation sites excluding steroid dienone is 1. The number of aliphatic hydroxyl groups excluding tert-OH is 2. The van der Waals surface area contributed by atoms with Crippen LogP contribution in [0.15, 0.2) is 11.6 Å². The summed E-state index contributed by atoms with van der Waals surface area (Å²) in [5.74, 6) is -0.0251. The number of amides is 1. The number of β-amino-alcohol motifs (C(OH)–C–C–N with tert-alkyl or cyclic N) is 1. The van der Waals surface area contributed by atoms with Gasteiger partial charge in [0.05, 0.1) is 12.2 Å². The minimum Gasteiger partial charge on any atom is -0.390 e. The number of piperidine rings is 1. The van der Waals surface area contributed by atoms with E-state index in [0.717, 1.165) is 31.3 Å². The molecular formula is C14H23NO3. The smallest absolute Gasteiger partial charge is 0.247 e. The standard InChI is InChI=1S/C14H23NO3/c1-10(2)7-13(18)15-9-12(17)11(16)8-14(15)5-3-4-6-14/h7,11-12,16-17H,3-6,8-9H2,1-2H3/t11-,12+/m0/s1. The van der Waals surface area contributed by atoms with Crippen molar-refractivity contribution in [2.45, 2.75) is 63.7 Å². The Morgan fingerprint density at radius 3 is 2.39 bits per heavy atom. The van der Waals surface area contributed by atoms with Crippen LogP contribution in [-0.2, 0) is 4.79 Å². The van der Waals surface area contributed by atoms with Gasteiger partial charge in [0.25, 0.3) is 0 Å². The van der Waals surface area contributed by atoms with E-state index in [0.29, 0.717) is 6.42 Å². The molecular weight excluding hydrogens is 230 g/mol. The van der Waals surface area contributed by atoms with Crippen LogP contribution < -0.4 is 0 Å². The SMILES string of the molecule is CC(C)=CC(=O)N1C[C@@H](O)[C@@H](O)CC12CCCC2. The lowest BCUT2D eigenvalue weighted by molar-refractivity contribution is -0.147. The lowest BCUT2D eigenvalue weighted by atomic mass is 9.82. The summed E-state index contributed by atoms with van der Waals surface area (Å²) in [5, 5.41) is 19.7. The maximum absolute atomic E-state index is 12.3. The Labute approximate surface area is 108 Å². The predicted octanol–water partition coefficient (Wildman–Crippen LogP) is 1.22. The zero-order valence-electron chi connectivity index (χ0n) is 11.2. The van der Waals surface area contributed by atoms with Crippen LogP contribution in [0.5, 0.6) is 0 Å². The number of hydrogen-bond acceptors (Lipinski definition) is 3. The second-order valence-corrected chi connectivity index (χ2v) is 5.94. The molecule has 0 aromatic rings. The van der Waals surface area contributed by atoms with E-state index < -0.39 is 12.2 Å². The normalized spacial score (nSPS) is 30.6. The molecule has 2 atom stereocenters. The molecule has 1 amide bonds. The average Bonchev–Trinajstić information content (AvgIpc) is 2.71. The van der Waals surface area contributed by atoms with Gasteiger partial charge in [-0.15, -0.1) is 0 Å². The van der Waals surface area contributed by atoms with Gasteiger partial charge in [0.1, 0.15) is 0 Å². The van der Waals surface area contributed by atoms with Crippen molar-refractivity contribution in [2.75, 3.05) is 6.54 Å². The fourth-order valence-electron chi connectivity index (χ4n) is 3.29. The van der Waals surface area contributed by atoms with Crippen LogP contribution in [0.3, 0.4) is 0 Å². The minimum absolute atomic E-state index is 0.0251. The maximum atomic E-state index is 12.3. The summed E-state index contributed by atoms with van der Waals surface area (Å²) in [7, 11) is 0. The molecule has 2 aliphatic rings. The fourth-order valence-corrected chi connectivity index (χ4v) is 3.29. The predicted molar refractivity (Wildman–Crippen MR) is 69.0 cm³/mol. The van der Waals surface area contributed by atoms with Gasteiger partial charge in [0.15, 0.2) is 0 Å². The third-order valence-corrected chi connectivity index (χ3v) is 4.19. The van der Waals surface area contributed by atoms with Crippen molar-refractivity contribution in [3.63, 3.8) is 0 Å². The first-order valence-corrected chi connectivity index (χ1v) is 6.77. The van der Waals surface area contributed by atoms with Gasteiger partial charge < -0.3 is 15.1 Å². The van der Waals surface area contributed by atoms with E-state index in [2.05, 4.69) is 0 Å². The van der Waals surface area contributed by atoms with Gasteiger partial charge in [-0.05, 0) is 33.1 Å². The van der Waals surface area contributed by atoms with Crippen molar-refractivity contribution in [1.29, 1.82) is 0 Å². The van der Waals surface area contributed by atoms with Gasteiger partial charge in [-0.1, -0.05) is 18.4 Å². The summed E-state index contributed by atoms with van der Waals surface area (Å²) in [4.78, 5) is 14.1. The van der Waals surface area contributed by atoms with E-state index in [9.17, 15) is 15.0 Å². The second-order valence-electron chi connectivity index (χ2n) is 5.94. The Morgan fingerprint density at radius 2 is 1.83 bits per heavy atom. The number of likely N-dealkylation sites (tertiary alicyclic amines) is 1.